The number of carboxylic acid groups (broad SMARTS) is 2. The van der Waals surface area contributed by atoms with Crippen molar-refractivity contribution >= 4 is 11.9 Å². The molecular weight excluding hydrogens is 1080 g/mol. The second-order valence-corrected chi connectivity index (χ2v) is 20.2. The molecule has 5 fully saturated rings. The number of hydrogen-bond donors (Lipinski definition) is 6. The third-order valence-electron chi connectivity index (χ3n) is 15.6. The molecule has 72 heavy (non-hydrogen) atoms. The molecule has 4 aliphatic heterocycles. The van der Waals surface area contributed by atoms with Gasteiger partial charge in [-0.2, -0.15) is 0 Å². The Kier molecular flexibility index (Phi) is 37.6. The molecule has 0 spiro atoms. The van der Waals surface area contributed by atoms with E-state index in [1.54, 1.807) is 14.2 Å². The van der Waals surface area contributed by atoms with Crippen molar-refractivity contribution in [2.75, 3.05) is 120 Å². The largest absolute Gasteiger partial charge is 3.00 e. The van der Waals surface area contributed by atoms with Crippen LogP contribution in [0.3, 0.4) is 0 Å². The van der Waals surface area contributed by atoms with Crippen LogP contribution in [0.1, 0.15) is 106 Å². The minimum atomic E-state index is -1.08. The molecule has 5 rings (SSSR count). The Labute approximate surface area is 465 Å². The van der Waals surface area contributed by atoms with Gasteiger partial charge in [-0.25, -0.2) is 0 Å². The third-order valence-corrected chi connectivity index (χ3v) is 15.6. The molecule has 6 N–H and O–H groups in total. The monoisotopic (exact) mass is 1170 g/mol. The minimum Gasteiger partial charge on any atom is -0.656 e. The van der Waals surface area contributed by atoms with E-state index in [0.717, 1.165) is 91.1 Å². The zero-order valence-corrected chi connectivity index (χ0v) is 47.5. The molecule has 1 aliphatic carbocycles. The van der Waals surface area contributed by atoms with Crippen LogP contribution < -0.4 is 31.5 Å². The molecule has 16 atom stereocenters. The van der Waals surface area contributed by atoms with Gasteiger partial charge in [-0.15, -0.1) is 12.1 Å². The Morgan fingerprint density at radius 2 is 0.861 bits per heavy atom. The van der Waals surface area contributed by atoms with Crippen LogP contribution in [0.5, 0.6) is 0 Å². The van der Waals surface area contributed by atoms with Crippen molar-refractivity contribution in [3.63, 3.8) is 0 Å². The van der Waals surface area contributed by atoms with Crippen molar-refractivity contribution in [2.24, 2.45) is 35.5 Å². The maximum absolute atomic E-state index is 9.98. The summed E-state index contributed by atoms with van der Waals surface area (Å²) >= 11 is 0. The SMILES string of the molecule is CC(=O)[O-].CC(=O)[O-].CCC1C2CC3NC(CNC4CC(OCCOCCOCCOC)C(OCCOCCOCCOC)CC4NCC4NC(CC([N-]2)C1CC)C(CCCO)C4C)C(C)C3CCCO.[Gd+3]. The summed E-state index contributed by atoms with van der Waals surface area (Å²) in [5, 5.41) is 60.1. The van der Waals surface area contributed by atoms with E-state index in [1.165, 1.54) is 0 Å². The number of methoxy groups -OCH3 is 2. The molecule has 0 aromatic heterocycles. The molecule has 16 unspecified atom stereocenters. The molecule has 4 saturated heterocycles. The van der Waals surface area contributed by atoms with Crippen LogP contribution in [0.25, 0.3) is 5.32 Å². The number of aliphatic carboxylic acids is 2. The van der Waals surface area contributed by atoms with Crippen LogP contribution in [-0.4, -0.2) is 202 Å². The van der Waals surface area contributed by atoms with Crippen LogP contribution in [0.4, 0.5) is 0 Å². The van der Waals surface area contributed by atoms with E-state index in [-0.39, 0.29) is 77.4 Å². The van der Waals surface area contributed by atoms with E-state index in [4.69, 9.17) is 63.0 Å². The maximum atomic E-state index is 9.98. The number of aliphatic hydroxyl groups excluding tert-OH is 2. The summed E-state index contributed by atoms with van der Waals surface area (Å²) in [4.78, 5) is 17.8. The smallest absolute Gasteiger partial charge is 0.656 e. The first-order valence-corrected chi connectivity index (χ1v) is 27.1. The summed E-state index contributed by atoms with van der Waals surface area (Å²) in [6.07, 6.45) is 9.59. The summed E-state index contributed by atoms with van der Waals surface area (Å²) in [6.45, 7) is 20.0. The van der Waals surface area contributed by atoms with Gasteiger partial charge in [-0.05, 0) is 76.0 Å². The molecule has 0 aromatic rings. The first kappa shape index (κ1) is 67.8. The number of aliphatic hydroxyl groups is 2. The number of carbonyl (C=O) groups excluding carboxylic acids is 2. The van der Waals surface area contributed by atoms with E-state index >= 15 is 0 Å². The third kappa shape index (κ3) is 24.6. The molecular formula is C52H98GdN5O14. The van der Waals surface area contributed by atoms with Gasteiger partial charge in [0, 0.05) is 88.7 Å². The normalized spacial score (nSPS) is 33.4. The number of nitrogens with zero attached hydrogens (tertiary/aromatic N) is 1. The van der Waals surface area contributed by atoms with E-state index in [2.05, 4.69) is 49.0 Å². The van der Waals surface area contributed by atoms with Gasteiger partial charge in [-0.3, -0.25) is 0 Å². The van der Waals surface area contributed by atoms with Crippen LogP contribution in [0.15, 0.2) is 0 Å². The van der Waals surface area contributed by atoms with Crippen LogP contribution in [0, 0.1) is 75.4 Å². The number of fused-ring (bicyclic) bond motifs is 7. The van der Waals surface area contributed by atoms with Gasteiger partial charge in [0.05, 0.1) is 91.5 Å². The molecule has 1 saturated carbocycles. The molecule has 5 aliphatic rings. The standard InChI is InChI=1S/C48H92N5O10.2C2H4O2.Gd/c1-7-35-36(8-2)40-28-42-38(12-10-14-55)34(4)46(53-42)32-50-44-30-48(63-26-24-61-22-20-59-18-16-57-6)47(62-25-23-60-21-19-58-17-15-56-5)29-43(44)49-31-45-33(3)37(11-9-13-54)41(52-45)27-39(35)51-40;2*1-2(3)4;/h33-50,52-55H,7-32H2,1-6H3;2*1H3,(H,3,4);/q-1;;;+3/p-2. The Morgan fingerprint density at radius 1 is 0.528 bits per heavy atom. The minimum absolute atomic E-state index is 0. The van der Waals surface area contributed by atoms with Gasteiger partial charge >= 0.3 is 39.9 Å². The zero-order chi connectivity index (χ0) is 52.0. The van der Waals surface area contributed by atoms with Gasteiger partial charge in [0.25, 0.3) is 0 Å². The molecule has 0 aromatic carbocycles. The van der Waals surface area contributed by atoms with Crippen molar-refractivity contribution in [2.45, 2.75) is 166 Å². The van der Waals surface area contributed by atoms with Gasteiger partial charge in [0.15, 0.2) is 0 Å². The Bertz CT molecular complexity index is 1280. The first-order chi connectivity index (χ1) is 34.3. The summed E-state index contributed by atoms with van der Waals surface area (Å²) < 4.78 is 46.5. The van der Waals surface area contributed by atoms with E-state index in [0.29, 0.717) is 151 Å². The molecule has 6 bridgehead atoms. The van der Waals surface area contributed by atoms with Crippen LogP contribution >= 0.6 is 0 Å². The Balaban J connectivity index is 0.00000183. The molecule has 20 heteroatoms. The average Bonchev–Trinajstić information content (AvgIpc) is 3.94. The Morgan fingerprint density at radius 3 is 1.18 bits per heavy atom. The van der Waals surface area contributed by atoms with Crippen molar-refractivity contribution in [3.05, 3.63) is 5.32 Å². The van der Waals surface area contributed by atoms with E-state index < -0.39 is 11.9 Å². The quantitative estimate of drug-likeness (QED) is 0.0599. The van der Waals surface area contributed by atoms with Crippen molar-refractivity contribution < 1.29 is 108 Å². The maximum Gasteiger partial charge on any atom is 3.00 e. The molecule has 423 valence electrons. The second kappa shape index (κ2) is 39.9. The average molecular weight is 1170 g/mol. The number of rotatable bonds is 28. The molecule has 4 heterocycles. The van der Waals surface area contributed by atoms with Gasteiger partial charge in [-0.1, -0.05) is 65.2 Å². The number of hydrogen-bond acceptors (Lipinski definition) is 18. The van der Waals surface area contributed by atoms with E-state index in [1.807, 2.05) is 0 Å². The van der Waals surface area contributed by atoms with Gasteiger partial charge in [0.1, 0.15) is 0 Å². The van der Waals surface area contributed by atoms with Crippen molar-refractivity contribution in [1.29, 1.82) is 0 Å². The fraction of sp³-hybridized carbons (Fsp3) is 0.962. The topological polar surface area (TPSA) is 257 Å². The predicted molar refractivity (Wildman–Crippen MR) is 268 cm³/mol. The molecule has 0 amide bonds. The van der Waals surface area contributed by atoms with Gasteiger partial charge in [0.2, 0.25) is 0 Å². The molecule has 1 radical (unpaired) electrons. The van der Waals surface area contributed by atoms with Gasteiger partial charge < -0.3 is 94.5 Å². The summed E-state index contributed by atoms with van der Waals surface area (Å²) in [5.74, 6) is 0.961. The predicted octanol–water partition coefficient (Wildman–Crippen LogP) is 1.04. The fourth-order valence-corrected chi connectivity index (χ4v) is 12.1. The summed E-state index contributed by atoms with van der Waals surface area (Å²) in [5.41, 5.74) is 0. The first-order valence-electron chi connectivity index (χ1n) is 27.1. The number of nitrogens with one attached hydrogen (secondary N) is 4. The van der Waals surface area contributed by atoms with Crippen molar-refractivity contribution in [3.8, 4) is 0 Å². The number of carboxylic acids is 2. The zero-order valence-electron chi connectivity index (χ0n) is 45.2. The van der Waals surface area contributed by atoms with E-state index in [9.17, 15) is 10.2 Å². The van der Waals surface area contributed by atoms with Crippen LogP contribution in [-0.2, 0) is 47.5 Å². The number of carbonyl (C=O) groups is 2. The second-order valence-electron chi connectivity index (χ2n) is 20.2. The van der Waals surface area contributed by atoms with Crippen molar-refractivity contribution in [1.82, 2.24) is 21.3 Å². The molecule has 19 nitrogen and oxygen atoms in total. The van der Waals surface area contributed by atoms with Crippen LogP contribution in [0.2, 0.25) is 0 Å². The summed E-state index contributed by atoms with van der Waals surface area (Å²) in [6, 6.07) is 2.43. The number of ether oxygens (including phenoxy) is 8. The fourth-order valence-electron chi connectivity index (χ4n) is 12.1. The summed E-state index contributed by atoms with van der Waals surface area (Å²) in [7, 11) is 3.35. The Hall–Kier alpha value is -0.335.